The van der Waals surface area contributed by atoms with Gasteiger partial charge in [0.1, 0.15) is 5.75 Å². The van der Waals surface area contributed by atoms with Crippen molar-refractivity contribution in [3.63, 3.8) is 0 Å². The average molecular weight is 488 g/mol. The van der Waals surface area contributed by atoms with Crippen molar-refractivity contribution >= 4 is 67.5 Å². The molecule has 0 aliphatic rings. The van der Waals surface area contributed by atoms with Gasteiger partial charge in [-0.1, -0.05) is 57.0 Å². The molecule has 1 heterocycles. The molecule has 0 aliphatic carbocycles. The molecule has 1 atom stereocenters. The number of hydrogen-bond acceptors (Lipinski definition) is 4. The van der Waals surface area contributed by atoms with Gasteiger partial charge in [-0.05, 0) is 54.2 Å². The Morgan fingerprint density at radius 1 is 1.23 bits per heavy atom. The second kappa shape index (κ2) is 9.24. The van der Waals surface area contributed by atoms with Gasteiger partial charge in [0.25, 0.3) is 0 Å². The monoisotopic (exact) mass is 486 g/mol. The largest absolute Gasteiger partial charge is 0.440 e. The molecule has 3 nitrogen and oxygen atoms in total. The molecular weight excluding hydrogens is 475 g/mol. The van der Waals surface area contributed by atoms with Gasteiger partial charge >= 0.3 is 0 Å². The number of nitrogens with zero attached hydrogens (tertiary/aromatic N) is 2. The van der Waals surface area contributed by atoms with E-state index in [1.807, 2.05) is 47.2 Å². The van der Waals surface area contributed by atoms with Crippen LogP contribution in [-0.4, -0.2) is 13.9 Å². The Hall–Kier alpha value is -1.05. The van der Waals surface area contributed by atoms with Gasteiger partial charge < -0.3 is 9.30 Å². The van der Waals surface area contributed by atoms with Crippen molar-refractivity contribution in [1.82, 2.24) is 9.55 Å². The number of hydrogen-bond donors (Lipinski definition) is 0. The number of aromatic nitrogens is 2. The molecule has 0 saturated heterocycles. The maximum atomic E-state index is 6.41. The van der Waals surface area contributed by atoms with Crippen LogP contribution in [-0.2, 0) is 6.54 Å². The molecule has 0 fully saturated rings. The fraction of sp³-hybridized carbons (Fsp3) is 0.111. The number of halogens is 3. The van der Waals surface area contributed by atoms with E-state index in [4.69, 9.17) is 40.2 Å². The maximum absolute atomic E-state index is 6.41. The first kappa shape index (κ1) is 19.7. The van der Waals surface area contributed by atoms with Crippen molar-refractivity contribution < 1.29 is 4.74 Å². The van der Waals surface area contributed by atoms with Crippen molar-refractivity contribution in [2.45, 2.75) is 11.8 Å². The van der Waals surface area contributed by atoms with Crippen LogP contribution in [0.5, 0.6) is 5.75 Å². The molecule has 1 unspecified atom stereocenters. The van der Waals surface area contributed by atoms with E-state index >= 15 is 0 Å². The molecule has 0 N–H and O–H groups in total. The quantitative estimate of drug-likeness (QED) is 0.370. The Kier molecular flexibility index (Phi) is 7.00. The molecule has 0 radical (unpaired) electrons. The zero-order chi connectivity index (χ0) is 18.5. The SMILES string of the molecule is S=C(Oc1ccc(Br)cc1)SC(Cn1ccnc1)c1ccc(Cl)cc1Cl. The molecule has 0 saturated carbocycles. The molecule has 0 aliphatic heterocycles. The third-order valence-corrected chi connectivity index (χ3v) is 5.92. The lowest BCUT2D eigenvalue weighted by Gasteiger charge is -2.19. The highest BCUT2D eigenvalue weighted by Gasteiger charge is 2.20. The second-order valence-electron chi connectivity index (χ2n) is 5.34. The van der Waals surface area contributed by atoms with E-state index in [0.29, 0.717) is 26.7 Å². The molecule has 0 bridgehead atoms. The van der Waals surface area contributed by atoms with Crippen molar-refractivity contribution in [3.05, 3.63) is 81.3 Å². The first-order valence-corrected chi connectivity index (χ1v) is 10.4. The Balaban J connectivity index is 1.78. The summed E-state index contributed by atoms with van der Waals surface area (Å²) in [5.74, 6) is 0.689. The normalized spacial score (nSPS) is 12.0. The van der Waals surface area contributed by atoms with Gasteiger partial charge in [-0.15, -0.1) is 0 Å². The summed E-state index contributed by atoms with van der Waals surface area (Å²) < 4.78 is 9.16. The Morgan fingerprint density at radius 3 is 2.65 bits per heavy atom. The van der Waals surface area contributed by atoms with E-state index in [0.717, 1.165) is 10.0 Å². The summed E-state index contributed by atoms with van der Waals surface area (Å²) in [4.78, 5) is 4.09. The third kappa shape index (κ3) is 5.47. The van der Waals surface area contributed by atoms with Crippen LogP contribution in [0.15, 0.2) is 65.7 Å². The van der Waals surface area contributed by atoms with Gasteiger partial charge in [-0.2, -0.15) is 0 Å². The molecule has 8 heteroatoms. The summed E-state index contributed by atoms with van der Waals surface area (Å²) in [5, 5.41) is 1.15. The van der Waals surface area contributed by atoms with E-state index in [-0.39, 0.29) is 5.25 Å². The molecule has 134 valence electrons. The Morgan fingerprint density at radius 2 is 2.00 bits per heavy atom. The van der Waals surface area contributed by atoms with Gasteiger partial charge in [0.05, 0.1) is 11.6 Å². The predicted molar refractivity (Wildman–Crippen MR) is 116 cm³/mol. The van der Waals surface area contributed by atoms with Gasteiger partial charge in [0.2, 0.25) is 4.38 Å². The van der Waals surface area contributed by atoms with Crippen molar-refractivity contribution in [2.75, 3.05) is 0 Å². The van der Waals surface area contributed by atoms with Crippen LogP contribution in [0.25, 0.3) is 0 Å². The fourth-order valence-electron chi connectivity index (χ4n) is 2.29. The summed E-state index contributed by atoms with van der Waals surface area (Å²) in [5.41, 5.74) is 0.941. The average Bonchev–Trinajstić information content (AvgIpc) is 3.09. The predicted octanol–water partition coefficient (Wildman–Crippen LogP) is 6.79. The summed E-state index contributed by atoms with van der Waals surface area (Å²) in [7, 11) is 0. The van der Waals surface area contributed by atoms with E-state index < -0.39 is 0 Å². The van der Waals surface area contributed by atoms with Crippen LogP contribution in [0.2, 0.25) is 10.0 Å². The molecule has 0 spiro atoms. The second-order valence-corrected chi connectivity index (χ2v) is 8.90. The molecule has 26 heavy (non-hydrogen) atoms. The van der Waals surface area contributed by atoms with E-state index in [9.17, 15) is 0 Å². The van der Waals surface area contributed by atoms with Crippen LogP contribution in [0.3, 0.4) is 0 Å². The summed E-state index contributed by atoms with van der Waals surface area (Å²) in [6, 6.07) is 13.0. The minimum Gasteiger partial charge on any atom is -0.440 e. The molecule has 2 aromatic carbocycles. The van der Waals surface area contributed by atoms with E-state index in [1.165, 1.54) is 11.8 Å². The summed E-state index contributed by atoms with van der Waals surface area (Å²) in [6.07, 6.45) is 5.40. The van der Waals surface area contributed by atoms with Crippen molar-refractivity contribution in [3.8, 4) is 5.75 Å². The number of rotatable bonds is 5. The van der Waals surface area contributed by atoms with Gasteiger partial charge in [0, 0.05) is 33.5 Å². The number of benzene rings is 2. The standard InChI is InChI=1S/C18H13BrCl2N2OS2/c19-12-1-4-14(5-2-12)24-18(25)26-17(10-23-8-7-22-11-23)15-6-3-13(20)9-16(15)21/h1-9,11,17H,10H2. The molecule has 3 aromatic rings. The van der Waals surface area contributed by atoms with Crippen LogP contribution >= 0.6 is 63.1 Å². The number of thiocarbonyl (C=S) groups is 1. The lowest BCUT2D eigenvalue weighted by atomic mass is 10.1. The number of thioether (sulfide) groups is 1. The van der Waals surface area contributed by atoms with Gasteiger partial charge in [-0.25, -0.2) is 4.98 Å². The highest BCUT2D eigenvalue weighted by atomic mass is 79.9. The summed E-state index contributed by atoms with van der Waals surface area (Å²) in [6.45, 7) is 0.649. The lowest BCUT2D eigenvalue weighted by Crippen LogP contribution is -2.10. The topological polar surface area (TPSA) is 27.1 Å². The smallest absolute Gasteiger partial charge is 0.226 e. The molecule has 3 rings (SSSR count). The minimum atomic E-state index is -0.0445. The zero-order valence-corrected chi connectivity index (χ0v) is 18.0. The number of ether oxygens (including phenoxy) is 1. The van der Waals surface area contributed by atoms with Gasteiger partial charge in [0.15, 0.2) is 0 Å². The summed E-state index contributed by atoms with van der Waals surface area (Å²) >= 11 is 22.7. The minimum absolute atomic E-state index is 0.0445. The molecule has 1 aromatic heterocycles. The molecule has 0 amide bonds. The van der Waals surface area contributed by atoms with Crippen LogP contribution < -0.4 is 4.74 Å². The van der Waals surface area contributed by atoms with E-state index in [2.05, 4.69) is 20.9 Å². The Labute approximate surface area is 179 Å². The molecular formula is C18H13BrCl2N2OS2. The first-order valence-electron chi connectivity index (χ1n) is 7.56. The van der Waals surface area contributed by atoms with Gasteiger partial charge in [-0.3, -0.25) is 0 Å². The first-order chi connectivity index (χ1) is 12.5. The number of imidazole rings is 1. The van der Waals surface area contributed by atoms with Crippen LogP contribution in [0, 0.1) is 0 Å². The zero-order valence-electron chi connectivity index (χ0n) is 13.3. The Bertz CT molecular complexity index is 889. The fourth-order valence-corrected chi connectivity index (χ4v) is 4.56. The highest BCUT2D eigenvalue weighted by molar-refractivity contribution is 9.10. The third-order valence-electron chi connectivity index (χ3n) is 3.50. The van der Waals surface area contributed by atoms with Crippen molar-refractivity contribution in [2.24, 2.45) is 0 Å². The highest BCUT2D eigenvalue weighted by Crippen LogP contribution is 2.37. The van der Waals surface area contributed by atoms with Crippen LogP contribution in [0.4, 0.5) is 0 Å². The van der Waals surface area contributed by atoms with Crippen molar-refractivity contribution in [1.29, 1.82) is 0 Å². The van der Waals surface area contributed by atoms with Crippen LogP contribution in [0.1, 0.15) is 10.8 Å². The van der Waals surface area contributed by atoms with E-state index in [1.54, 1.807) is 18.6 Å². The maximum Gasteiger partial charge on any atom is 0.226 e. The lowest BCUT2D eigenvalue weighted by molar-refractivity contribution is 0.577.